The first kappa shape index (κ1) is 15.1. The lowest BCUT2D eigenvalue weighted by molar-refractivity contribution is 0.323. The molecule has 2 rings (SSSR count). The minimum absolute atomic E-state index is 0.760. The van der Waals surface area contributed by atoms with E-state index in [2.05, 4.69) is 22.4 Å². The third kappa shape index (κ3) is 3.75. The number of nitrogens with zero attached hydrogens (tertiary/aromatic N) is 3. The summed E-state index contributed by atoms with van der Waals surface area (Å²) in [6.07, 6.45) is 0. The Hall–Kier alpha value is -1.95. The Morgan fingerprint density at radius 3 is 2.26 bits per heavy atom. The molecular formula is C16H23N3. The fourth-order valence-electron chi connectivity index (χ4n) is 2.17. The lowest BCUT2D eigenvalue weighted by atomic mass is 10.1. The van der Waals surface area contributed by atoms with Gasteiger partial charge in [-0.05, 0) is 19.1 Å². The number of nitriles is 1. The summed E-state index contributed by atoms with van der Waals surface area (Å²) in [5, 5.41) is 9.09. The van der Waals surface area contributed by atoms with Gasteiger partial charge in [0.05, 0.1) is 11.3 Å². The highest BCUT2D eigenvalue weighted by Gasteiger charge is 2.18. The third-order valence-electron chi connectivity index (χ3n) is 3.18. The maximum atomic E-state index is 9.09. The maximum absolute atomic E-state index is 9.09. The van der Waals surface area contributed by atoms with Crippen LogP contribution in [0.2, 0.25) is 0 Å². The van der Waals surface area contributed by atoms with Gasteiger partial charge in [-0.1, -0.05) is 32.6 Å². The second-order valence-electron chi connectivity index (χ2n) is 4.34. The summed E-state index contributed by atoms with van der Waals surface area (Å²) < 4.78 is 0. The van der Waals surface area contributed by atoms with E-state index < -0.39 is 0 Å². The molecule has 1 fully saturated rings. The van der Waals surface area contributed by atoms with Crippen LogP contribution in [0, 0.1) is 11.3 Å². The summed E-state index contributed by atoms with van der Waals surface area (Å²) in [6, 6.07) is 10.0. The minimum atomic E-state index is 0.760. The number of hydrogen-bond donors (Lipinski definition) is 0. The Morgan fingerprint density at radius 2 is 1.74 bits per heavy atom. The highest BCUT2D eigenvalue weighted by atomic mass is 15.3. The largest absolute Gasteiger partial charge is 0.372 e. The van der Waals surface area contributed by atoms with Gasteiger partial charge in [-0.15, -0.1) is 0 Å². The fourth-order valence-corrected chi connectivity index (χ4v) is 2.17. The fraction of sp³-hybridized carbons (Fsp3) is 0.438. The van der Waals surface area contributed by atoms with Crippen molar-refractivity contribution in [3.8, 4) is 6.07 Å². The summed E-state index contributed by atoms with van der Waals surface area (Å²) in [4.78, 5) is 4.56. The van der Waals surface area contributed by atoms with Gasteiger partial charge in [0, 0.05) is 31.9 Å². The lowest BCUT2D eigenvalue weighted by Crippen LogP contribution is -2.45. The normalized spacial score (nSPS) is 14.2. The van der Waals surface area contributed by atoms with E-state index in [1.54, 1.807) is 0 Å². The molecule has 102 valence electrons. The van der Waals surface area contributed by atoms with Crippen LogP contribution in [-0.2, 0) is 0 Å². The highest BCUT2D eigenvalue weighted by molar-refractivity contribution is 5.59. The van der Waals surface area contributed by atoms with E-state index in [9.17, 15) is 0 Å². The molecule has 1 saturated heterocycles. The number of piperazine rings is 1. The molecule has 1 aliphatic rings. The first-order valence-electron chi connectivity index (χ1n) is 6.87. The summed E-state index contributed by atoms with van der Waals surface area (Å²) >= 11 is 0. The summed E-state index contributed by atoms with van der Waals surface area (Å²) in [5.74, 6) is 0. The third-order valence-corrected chi connectivity index (χ3v) is 3.18. The van der Waals surface area contributed by atoms with Crippen LogP contribution in [0.4, 0.5) is 5.69 Å². The first-order chi connectivity index (χ1) is 9.22. The van der Waals surface area contributed by atoms with Gasteiger partial charge in [-0.2, -0.15) is 5.26 Å². The van der Waals surface area contributed by atoms with Crippen LogP contribution in [0.5, 0.6) is 0 Å². The molecule has 3 nitrogen and oxygen atoms in total. The Kier molecular flexibility index (Phi) is 5.95. The maximum Gasteiger partial charge on any atom is 0.101 e. The van der Waals surface area contributed by atoms with Crippen LogP contribution in [0.1, 0.15) is 26.3 Å². The molecule has 0 aliphatic carbocycles. The van der Waals surface area contributed by atoms with Crippen LogP contribution in [0.15, 0.2) is 36.5 Å². The average molecular weight is 257 g/mol. The Labute approximate surface area is 116 Å². The van der Waals surface area contributed by atoms with E-state index >= 15 is 0 Å². The van der Waals surface area contributed by atoms with Crippen molar-refractivity contribution in [2.45, 2.75) is 20.8 Å². The van der Waals surface area contributed by atoms with E-state index in [0.717, 1.165) is 43.1 Å². The monoisotopic (exact) mass is 257 g/mol. The van der Waals surface area contributed by atoms with Crippen molar-refractivity contribution in [3.05, 3.63) is 42.1 Å². The molecule has 0 N–H and O–H groups in total. The van der Waals surface area contributed by atoms with Gasteiger partial charge < -0.3 is 9.80 Å². The van der Waals surface area contributed by atoms with Gasteiger partial charge in [-0.3, -0.25) is 0 Å². The number of allylic oxidation sites excluding steroid dienone is 1. The molecule has 1 heterocycles. The van der Waals surface area contributed by atoms with E-state index in [1.165, 1.54) is 0 Å². The number of anilines is 1. The predicted octanol–water partition coefficient (Wildman–Crippen LogP) is 3.24. The van der Waals surface area contributed by atoms with E-state index in [-0.39, 0.29) is 0 Å². The van der Waals surface area contributed by atoms with Crippen LogP contribution >= 0.6 is 0 Å². The quantitative estimate of drug-likeness (QED) is 0.814. The van der Waals surface area contributed by atoms with Crippen molar-refractivity contribution >= 4 is 5.69 Å². The van der Waals surface area contributed by atoms with Crippen LogP contribution in [0.3, 0.4) is 0 Å². The second kappa shape index (κ2) is 7.48. The zero-order chi connectivity index (χ0) is 14.3. The number of hydrogen-bond acceptors (Lipinski definition) is 3. The molecule has 19 heavy (non-hydrogen) atoms. The van der Waals surface area contributed by atoms with Gasteiger partial charge in [0.1, 0.15) is 6.07 Å². The molecule has 1 aliphatic heterocycles. The first-order valence-corrected chi connectivity index (χ1v) is 6.87. The van der Waals surface area contributed by atoms with Crippen molar-refractivity contribution in [3.63, 3.8) is 0 Å². The molecule has 0 unspecified atom stereocenters. The Morgan fingerprint density at radius 1 is 1.16 bits per heavy atom. The standard InChI is InChI=1S/C14H17N3.C2H6/c1-12(2)16-7-9-17(10-8-16)14-6-4-3-5-13(14)11-15;1-2/h3-6H,1,7-10H2,2H3;1-2H3. The molecule has 0 saturated carbocycles. The molecule has 0 radical (unpaired) electrons. The number of benzene rings is 1. The molecule has 0 aromatic heterocycles. The van der Waals surface area contributed by atoms with E-state index in [1.807, 2.05) is 45.0 Å². The van der Waals surface area contributed by atoms with E-state index in [0.29, 0.717) is 0 Å². The van der Waals surface area contributed by atoms with Crippen molar-refractivity contribution in [2.75, 3.05) is 31.1 Å². The number of para-hydroxylation sites is 1. The minimum Gasteiger partial charge on any atom is -0.372 e. The van der Waals surface area contributed by atoms with Gasteiger partial charge in [0.15, 0.2) is 0 Å². The molecule has 1 aromatic rings. The molecular weight excluding hydrogens is 234 g/mol. The Bertz CT molecular complexity index is 451. The van der Waals surface area contributed by atoms with Gasteiger partial charge in [-0.25, -0.2) is 0 Å². The second-order valence-corrected chi connectivity index (χ2v) is 4.34. The van der Waals surface area contributed by atoms with Crippen molar-refractivity contribution in [1.29, 1.82) is 5.26 Å². The molecule has 0 spiro atoms. The highest BCUT2D eigenvalue weighted by Crippen LogP contribution is 2.21. The average Bonchev–Trinajstić information content (AvgIpc) is 2.49. The topological polar surface area (TPSA) is 30.3 Å². The summed E-state index contributed by atoms with van der Waals surface area (Å²) in [6.45, 7) is 13.9. The molecule has 0 amide bonds. The van der Waals surface area contributed by atoms with E-state index in [4.69, 9.17) is 5.26 Å². The van der Waals surface area contributed by atoms with Gasteiger partial charge >= 0.3 is 0 Å². The van der Waals surface area contributed by atoms with Crippen molar-refractivity contribution < 1.29 is 0 Å². The summed E-state index contributed by atoms with van der Waals surface area (Å²) in [7, 11) is 0. The number of rotatable bonds is 2. The van der Waals surface area contributed by atoms with Crippen LogP contribution < -0.4 is 4.90 Å². The zero-order valence-electron chi connectivity index (χ0n) is 12.2. The molecule has 1 aromatic carbocycles. The van der Waals surface area contributed by atoms with Gasteiger partial charge in [0.25, 0.3) is 0 Å². The molecule has 3 heteroatoms. The van der Waals surface area contributed by atoms with Crippen LogP contribution in [-0.4, -0.2) is 31.1 Å². The zero-order valence-corrected chi connectivity index (χ0v) is 12.2. The smallest absolute Gasteiger partial charge is 0.101 e. The molecule has 0 bridgehead atoms. The molecule has 0 atom stereocenters. The summed E-state index contributed by atoms with van der Waals surface area (Å²) in [5.41, 5.74) is 2.94. The Balaban J connectivity index is 0.000000861. The SMILES string of the molecule is C=C(C)N1CCN(c2ccccc2C#N)CC1.CC. The van der Waals surface area contributed by atoms with Crippen molar-refractivity contribution in [2.24, 2.45) is 0 Å². The predicted molar refractivity (Wildman–Crippen MR) is 81.1 cm³/mol. The van der Waals surface area contributed by atoms with Gasteiger partial charge in [0.2, 0.25) is 0 Å². The lowest BCUT2D eigenvalue weighted by Gasteiger charge is -2.37. The van der Waals surface area contributed by atoms with Crippen LogP contribution in [0.25, 0.3) is 0 Å². The van der Waals surface area contributed by atoms with Crippen molar-refractivity contribution in [1.82, 2.24) is 4.90 Å².